The third-order valence-corrected chi connectivity index (χ3v) is 4.18. The lowest BCUT2D eigenvalue weighted by molar-refractivity contribution is 0.323. The minimum Gasteiger partial charge on any atom is -0.326 e. The number of alkyl halides is 1. The van der Waals surface area contributed by atoms with Gasteiger partial charge >= 0.3 is 0 Å². The van der Waals surface area contributed by atoms with Crippen LogP contribution in [0.5, 0.6) is 0 Å². The van der Waals surface area contributed by atoms with Gasteiger partial charge in [0, 0.05) is 13.1 Å². The number of aromatic nitrogens is 2. The van der Waals surface area contributed by atoms with Crippen molar-refractivity contribution < 1.29 is 0 Å². The van der Waals surface area contributed by atoms with Crippen LogP contribution in [0.25, 0.3) is 11.0 Å². The summed E-state index contributed by atoms with van der Waals surface area (Å²) in [6, 6.07) is 7.93. The Hall–Kier alpha value is -1.57. The van der Waals surface area contributed by atoms with Crippen LogP contribution in [-0.2, 0) is 12.4 Å². The molecule has 0 saturated carbocycles. The lowest BCUT2D eigenvalue weighted by Crippen LogP contribution is -2.24. The van der Waals surface area contributed by atoms with Gasteiger partial charge in [0.25, 0.3) is 0 Å². The van der Waals surface area contributed by atoms with Crippen molar-refractivity contribution in [3.63, 3.8) is 0 Å². The lowest BCUT2D eigenvalue weighted by atomic mass is 10.2. The van der Waals surface area contributed by atoms with E-state index in [-0.39, 0.29) is 0 Å². The fourth-order valence-corrected chi connectivity index (χ4v) is 3.09. The fraction of sp³-hybridized carbons (Fsp3) is 0.467. The Morgan fingerprint density at radius 3 is 2.75 bits per heavy atom. The summed E-state index contributed by atoms with van der Waals surface area (Å²) in [7, 11) is 0. The molecule has 0 unspecified atom stereocenters. The molecule has 4 nitrogen and oxygen atoms in total. The van der Waals surface area contributed by atoms with Crippen molar-refractivity contribution in [2.75, 3.05) is 19.6 Å². The Morgan fingerprint density at radius 1 is 1.25 bits per heavy atom. The molecule has 1 saturated heterocycles. The predicted octanol–water partition coefficient (Wildman–Crippen LogP) is 2.74. The average Bonchev–Trinajstić information content (AvgIpc) is 3.11. The van der Waals surface area contributed by atoms with Crippen LogP contribution in [0.2, 0.25) is 0 Å². The summed E-state index contributed by atoms with van der Waals surface area (Å²) in [4.78, 5) is 7.01. The minimum absolute atomic E-state index is 0.375. The Balaban J connectivity index is 1.93. The first kappa shape index (κ1) is 13.4. The Kier molecular flexibility index (Phi) is 3.90. The number of hydrogen-bond donors (Lipinski definition) is 0. The average molecular weight is 289 g/mol. The Labute approximate surface area is 123 Å². The number of likely N-dealkylation sites (tertiary alicyclic amines) is 1. The zero-order valence-corrected chi connectivity index (χ0v) is 12.1. The van der Waals surface area contributed by atoms with Crippen molar-refractivity contribution >= 4 is 22.6 Å². The molecule has 0 radical (unpaired) electrons. The highest BCUT2D eigenvalue weighted by Gasteiger charge is 2.15. The molecule has 0 atom stereocenters. The van der Waals surface area contributed by atoms with Crippen LogP contribution >= 0.6 is 11.6 Å². The van der Waals surface area contributed by atoms with E-state index in [2.05, 4.69) is 20.5 Å². The van der Waals surface area contributed by atoms with Gasteiger partial charge in [-0.05, 0) is 38.1 Å². The van der Waals surface area contributed by atoms with Crippen LogP contribution in [0.4, 0.5) is 0 Å². The molecule has 5 heteroatoms. The lowest BCUT2D eigenvalue weighted by Gasteiger charge is -2.16. The van der Waals surface area contributed by atoms with Gasteiger partial charge in [0.2, 0.25) is 0 Å². The molecule has 0 aliphatic carbocycles. The molecule has 1 aliphatic rings. The summed E-state index contributed by atoms with van der Waals surface area (Å²) in [5.74, 6) is 1.23. The topological polar surface area (TPSA) is 44.9 Å². The van der Waals surface area contributed by atoms with E-state index in [9.17, 15) is 5.26 Å². The van der Waals surface area contributed by atoms with Crippen molar-refractivity contribution in [1.82, 2.24) is 14.5 Å². The van der Waals surface area contributed by atoms with Crippen LogP contribution < -0.4 is 0 Å². The third-order valence-electron chi connectivity index (χ3n) is 3.94. The van der Waals surface area contributed by atoms with Crippen molar-refractivity contribution in [1.29, 1.82) is 5.26 Å². The number of fused-ring (bicyclic) bond motifs is 1. The molecule has 0 spiro atoms. The first-order valence-corrected chi connectivity index (χ1v) is 7.53. The number of hydrogen-bond acceptors (Lipinski definition) is 3. The summed E-state index contributed by atoms with van der Waals surface area (Å²) in [5, 5.41) is 9.17. The SMILES string of the molecule is N#Cc1cccc2c1nc(CCl)n2CCN1CCCC1. The number of halogens is 1. The molecule has 2 heterocycles. The van der Waals surface area contributed by atoms with E-state index in [0.717, 1.165) is 29.9 Å². The zero-order valence-electron chi connectivity index (χ0n) is 11.3. The highest BCUT2D eigenvalue weighted by atomic mass is 35.5. The molecule has 1 aromatic heterocycles. The van der Waals surface area contributed by atoms with E-state index >= 15 is 0 Å². The van der Waals surface area contributed by atoms with E-state index in [1.807, 2.05) is 12.1 Å². The smallest absolute Gasteiger partial charge is 0.124 e. The van der Waals surface area contributed by atoms with Gasteiger partial charge in [-0.3, -0.25) is 0 Å². The molecule has 1 aromatic carbocycles. The monoisotopic (exact) mass is 288 g/mol. The second-order valence-corrected chi connectivity index (χ2v) is 5.41. The van der Waals surface area contributed by atoms with Crippen molar-refractivity contribution in [3.05, 3.63) is 29.6 Å². The van der Waals surface area contributed by atoms with Crippen molar-refractivity contribution in [2.45, 2.75) is 25.3 Å². The van der Waals surface area contributed by atoms with Crippen LogP contribution in [-0.4, -0.2) is 34.1 Å². The first-order chi connectivity index (χ1) is 9.83. The van der Waals surface area contributed by atoms with E-state index in [1.165, 1.54) is 25.9 Å². The number of nitrogens with zero attached hydrogens (tertiary/aromatic N) is 4. The van der Waals surface area contributed by atoms with Crippen LogP contribution in [0, 0.1) is 11.3 Å². The van der Waals surface area contributed by atoms with Gasteiger partial charge in [-0.15, -0.1) is 11.6 Å². The highest BCUT2D eigenvalue weighted by molar-refractivity contribution is 6.16. The summed E-state index contributed by atoms with van der Waals surface area (Å²) in [5.41, 5.74) is 2.40. The molecule has 0 bridgehead atoms. The molecule has 0 amide bonds. The molecule has 3 rings (SSSR count). The summed E-state index contributed by atoms with van der Waals surface area (Å²) >= 11 is 6.01. The highest BCUT2D eigenvalue weighted by Crippen LogP contribution is 2.21. The van der Waals surface area contributed by atoms with Gasteiger partial charge in [-0.25, -0.2) is 4.98 Å². The van der Waals surface area contributed by atoms with Gasteiger partial charge in [-0.2, -0.15) is 5.26 Å². The van der Waals surface area contributed by atoms with E-state index < -0.39 is 0 Å². The van der Waals surface area contributed by atoms with Gasteiger partial charge in [0.05, 0.1) is 17.0 Å². The fourth-order valence-electron chi connectivity index (χ4n) is 2.88. The van der Waals surface area contributed by atoms with E-state index in [0.29, 0.717) is 11.4 Å². The van der Waals surface area contributed by atoms with Gasteiger partial charge in [-0.1, -0.05) is 6.07 Å². The number of imidazole rings is 1. The minimum atomic E-state index is 0.375. The number of nitriles is 1. The predicted molar refractivity (Wildman–Crippen MR) is 79.7 cm³/mol. The Morgan fingerprint density at radius 2 is 2.05 bits per heavy atom. The van der Waals surface area contributed by atoms with Crippen LogP contribution in [0.1, 0.15) is 24.2 Å². The van der Waals surface area contributed by atoms with Crippen molar-refractivity contribution in [3.8, 4) is 6.07 Å². The molecular weight excluding hydrogens is 272 g/mol. The summed E-state index contributed by atoms with van der Waals surface area (Å²) < 4.78 is 2.15. The molecular formula is C15H17ClN4. The number of benzene rings is 1. The largest absolute Gasteiger partial charge is 0.326 e. The quantitative estimate of drug-likeness (QED) is 0.813. The second-order valence-electron chi connectivity index (χ2n) is 5.15. The van der Waals surface area contributed by atoms with E-state index in [1.54, 1.807) is 6.07 Å². The van der Waals surface area contributed by atoms with Crippen molar-refractivity contribution in [2.24, 2.45) is 0 Å². The maximum atomic E-state index is 9.17. The second kappa shape index (κ2) is 5.82. The summed E-state index contributed by atoms with van der Waals surface area (Å²) in [6.07, 6.45) is 2.59. The van der Waals surface area contributed by atoms with Gasteiger partial charge in [0.1, 0.15) is 17.4 Å². The van der Waals surface area contributed by atoms with E-state index in [4.69, 9.17) is 11.6 Å². The van der Waals surface area contributed by atoms with Crippen LogP contribution in [0.15, 0.2) is 18.2 Å². The van der Waals surface area contributed by atoms with Crippen LogP contribution in [0.3, 0.4) is 0 Å². The Bertz CT molecular complexity index is 650. The molecule has 0 N–H and O–H groups in total. The maximum absolute atomic E-state index is 9.17. The molecule has 20 heavy (non-hydrogen) atoms. The molecule has 1 fully saturated rings. The number of rotatable bonds is 4. The normalized spacial score (nSPS) is 15.8. The molecule has 104 valence electrons. The molecule has 2 aromatic rings. The number of para-hydroxylation sites is 1. The summed E-state index contributed by atoms with van der Waals surface area (Å²) in [6.45, 7) is 4.28. The third kappa shape index (κ3) is 2.39. The zero-order chi connectivity index (χ0) is 13.9. The molecule has 1 aliphatic heterocycles. The standard InChI is InChI=1S/C15H17ClN4/c16-10-14-18-15-12(11-17)4-3-5-13(15)20(14)9-8-19-6-1-2-7-19/h3-5H,1-2,6-10H2. The van der Waals surface area contributed by atoms with Gasteiger partial charge < -0.3 is 9.47 Å². The first-order valence-electron chi connectivity index (χ1n) is 7.00. The van der Waals surface area contributed by atoms with Gasteiger partial charge in [0.15, 0.2) is 0 Å². The maximum Gasteiger partial charge on any atom is 0.124 e.